The summed E-state index contributed by atoms with van der Waals surface area (Å²) in [6, 6.07) is 16.6. The van der Waals surface area contributed by atoms with E-state index < -0.39 is 17.8 Å². The maximum Gasteiger partial charge on any atom is 0.410 e. The van der Waals surface area contributed by atoms with E-state index in [0.717, 1.165) is 17.1 Å². The molecule has 0 spiro atoms. The molecule has 154 valence electrons. The van der Waals surface area contributed by atoms with E-state index in [1.54, 1.807) is 30.5 Å². The molecule has 8 nitrogen and oxygen atoms in total. The lowest BCUT2D eigenvalue weighted by Crippen LogP contribution is -2.46. The Morgan fingerprint density at radius 3 is 2.70 bits per heavy atom. The van der Waals surface area contributed by atoms with Crippen LogP contribution in [-0.4, -0.2) is 39.0 Å². The van der Waals surface area contributed by atoms with Gasteiger partial charge in [0.05, 0.1) is 0 Å². The fourth-order valence-electron chi connectivity index (χ4n) is 3.46. The highest BCUT2D eigenvalue weighted by Crippen LogP contribution is 2.29. The highest BCUT2D eigenvalue weighted by Gasteiger charge is 2.49. The number of nitrogens with zero attached hydrogens (tertiary/aromatic N) is 3. The van der Waals surface area contributed by atoms with Crippen LogP contribution in [0, 0.1) is 6.92 Å². The molecule has 4 rings (SSSR count). The van der Waals surface area contributed by atoms with Gasteiger partial charge in [0, 0.05) is 43.3 Å². The predicted molar refractivity (Wildman–Crippen MR) is 110 cm³/mol. The molecule has 1 aliphatic heterocycles. The number of benzene rings is 2. The van der Waals surface area contributed by atoms with Crippen LogP contribution in [0.5, 0.6) is 0 Å². The van der Waals surface area contributed by atoms with Crippen molar-refractivity contribution in [3.63, 3.8) is 0 Å². The second-order valence-electron chi connectivity index (χ2n) is 7.08. The van der Waals surface area contributed by atoms with Crippen molar-refractivity contribution in [2.24, 2.45) is 0 Å². The van der Waals surface area contributed by atoms with Crippen molar-refractivity contribution >= 4 is 17.7 Å². The number of aromatic nitrogens is 2. The Bertz CT molecular complexity index is 1070. The Kier molecular flexibility index (Phi) is 5.24. The van der Waals surface area contributed by atoms with Gasteiger partial charge in [-0.25, -0.2) is 9.78 Å². The van der Waals surface area contributed by atoms with Gasteiger partial charge in [-0.2, -0.15) is 0 Å². The molecule has 2 heterocycles. The molecule has 0 aliphatic carbocycles. The number of aryl methyl sites for hydroxylation is 1. The maximum atomic E-state index is 12.6. The van der Waals surface area contributed by atoms with Gasteiger partial charge in [0.25, 0.3) is 11.7 Å². The standard InChI is InChI=1S/C22H22N4O4/c1-16-23-11-13-25(16)19-9-5-6-17(14-19)15-24-21(28)30-22(29)10-12-26(20(22)27)18-7-3-2-4-8-18/h2-9,11,13-14,29H,10,12,15H2,1H3,(H,24,28)/t22-/m0/s1. The third kappa shape index (κ3) is 3.90. The van der Waals surface area contributed by atoms with E-state index in [9.17, 15) is 14.7 Å². The van der Waals surface area contributed by atoms with Crippen LogP contribution < -0.4 is 10.2 Å². The third-order valence-corrected chi connectivity index (χ3v) is 5.03. The Morgan fingerprint density at radius 2 is 1.97 bits per heavy atom. The van der Waals surface area contributed by atoms with Crippen LogP contribution in [0.3, 0.4) is 0 Å². The van der Waals surface area contributed by atoms with Gasteiger partial charge in [0.15, 0.2) is 0 Å². The third-order valence-electron chi connectivity index (χ3n) is 5.03. The number of amides is 2. The number of anilines is 1. The molecule has 3 aromatic rings. The Balaban J connectivity index is 1.37. The highest BCUT2D eigenvalue weighted by molar-refractivity contribution is 6.01. The minimum atomic E-state index is -2.17. The van der Waals surface area contributed by atoms with Gasteiger partial charge in [-0.3, -0.25) is 4.79 Å². The van der Waals surface area contributed by atoms with Crippen molar-refractivity contribution in [1.29, 1.82) is 0 Å². The highest BCUT2D eigenvalue weighted by atomic mass is 16.7. The number of carbonyl (C=O) groups excluding carboxylic acids is 2. The minimum absolute atomic E-state index is 0.00351. The molecule has 2 aromatic carbocycles. The van der Waals surface area contributed by atoms with Crippen LogP contribution in [0.4, 0.5) is 10.5 Å². The van der Waals surface area contributed by atoms with Crippen LogP contribution in [0.2, 0.25) is 0 Å². The van der Waals surface area contributed by atoms with Gasteiger partial charge in [-0.05, 0) is 36.8 Å². The molecule has 30 heavy (non-hydrogen) atoms. The van der Waals surface area contributed by atoms with Crippen molar-refractivity contribution in [1.82, 2.24) is 14.9 Å². The second kappa shape index (κ2) is 8.00. The average Bonchev–Trinajstić information content (AvgIpc) is 3.31. The number of para-hydroxylation sites is 1. The van der Waals surface area contributed by atoms with Gasteiger partial charge in [-0.15, -0.1) is 0 Å². The summed E-state index contributed by atoms with van der Waals surface area (Å²) < 4.78 is 7.04. The Morgan fingerprint density at radius 1 is 1.20 bits per heavy atom. The number of alkyl carbamates (subject to hydrolysis) is 1. The molecule has 0 radical (unpaired) electrons. The van der Waals surface area contributed by atoms with Crippen LogP contribution in [-0.2, 0) is 16.1 Å². The smallest absolute Gasteiger partial charge is 0.407 e. The minimum Gasteiger partial charge on any atom is -0.407 e. The van der Waals surface area contributed by atoms with Crippen LogP contribution in [0.15, 0.2) is 67.0 Å². The molecule has 0 unspecified atom stereocenters. The SMILES string of the molecule is Cc1nccn1-c1cccc(CNC(=O)O[C@@]2(O)CCN(c3ccccc3)C2=O)c1. The van der Waals surface area contributed by atoms with E-state index in [0.29, 0.717) is 5.69 Å². The van der Waals surface area contributed by atoms with E-state index in [-0.39, 0.29) is 19.5 Å². The van der Waals surface area contributed by atoms with Crippen molar-refractivity contribution in [3.05, 3.63) is 78.4 Å². The topological polar surface area (TPSA) is 96.7 Å². The first-order valence-corrected chi connectivity index (χ1v) is 9.62. The van der Waals surface area contributed by atoms with Gasteiger partial charge in [-0.1, -0.05) is 30.3 Å². The lowest BCUT2D eigenvalue weighted by atomic mass is 10.2. The molecular formula is C22H22N4O4. The van der Waals surface area contributed by atoms with E-state index >= 15 is 0 Å². The first kappa shape index (κ1) is 19.7. The normalized spacial score (nSPS) is 18.5. The summed E-state index contributed by atoms with van der Waals surface area (Å²) >= 11 is 0. The molecule has 1 saturated heterocycles. The van der Waals surface area contributed by atoms with E-state index in [4.69, 9.17) is 4.74 Å². The van der Waals surface area contributed by atoms with E-state index in [1.807, 2.05) is 48.0 Å². The van der Waals surface area contributed by atoms with Crippen LogP contribution in [0.25, 0.3) is 5.69 Å². The lowest BCUT2D eigenvalue weighted by Gasteiger charge is -2.22. The summed E-state index contributed by atoms with van der Waals surface area (Å²) in [5, 5.41) is 13.2. The summed E-state index contributed by atoms with van der Waals surface area (Å²) in [7, 11) is 0. The summed E-state index contributed by atoms with van der Waals surface area (Å²) in [5.74, 6) is -1.97. The van der Waals surface area contributed by atoms with E-state index in [2.05, 4.69) is 10.3 Å². The largest absolute Gasteiger partial charge is 0.410 e. The molecule has 8 heteroatoms. The van der Waals surface area contributed by atoms with Crippen molar-refractivity contribution in [2.75, 3.05) is 11.4 Å². The second-order valence-corrected chi connectivity index (χ2v) is 7.08. The summed E-state index contributed by atoms with van der Waals surface area (Å²) in [4.78, 5) is 30.5. The average molecular weight is 406 g/mol. The molecule has 0 saturated carbocycles. The van der Waals surface area contributed by atoms with Gasteiger partial charge < -0.3 is 24.6 Å². The van der Waals surface area contributed by atoms with Gasteiger partial charge in [0.1, 0.15) is 5.82 Å². The Labute approximate surface area is 173 Å². The number of imidazole rings is 1. The molecular weight excluding hydrogens is 384 g/mol. The fourth-order valence-corrected chi connectivity index (χ4v) is 3.46. The first-order valence-electron chi connectivity index (χ1n) is 9.62. The molecule has 1 atom stereocenters. The molecule has 1 aliphatic rings. The molecule has 1 fully saturated rings. The van der Waals surface area contributed by atoms with Crippen molar-refractivity contribution < 1.29 is 19.4 Å². The summed E-state index contributed by atoms with van der Waals surface area (Å²) in [6.45, 7) is 2.35. The fraction of sp³-hybridized carbons (Fsp3) is 0.227. The summed E-state index contributed by atoms with van der Waals surface area (Å²) in [5.41, 5.74) is 2.41. The predicted octanol–water partition coefficient (Wildman–Crippen LogP) is 2.53. The van der Waals surface area contributed by atoms with Crippen molar-refractivity contribution in [3.8, 4) is 5.69 Å². The van der Waals surface area contributed by atoms with Gasteiger partial charge in [0.2, 0.25) is 0 Å². The number of ether oxygens (including phenoxy) is 1. The first-order chi connectivity index (χ1) is 14.5. The zero-order chi connectivity index (χ0) is 21.1. The van der Waals surface area contributed by atoms with Gasteiger partial charge >= 0.3 is 6.09 Å². The van der Waals surface area contributed by atoms with Crippen LogP contribution in [0.1, 0.15) is 17.8 Å². The zero-order valence-electron chi connectivity index (χ0n) is 16.5. The number of rotatable bonds is 5. The number of nitrogens with one attached hydrogen (secondary N) is 1. The number of carbonyl (C=O) groups is 2. The maximum absolute atomic E-state index is 12.6. The molecule has 1 aromatic heterocycles. The quantitative estimate of drug-likeness (QED) is 0.635. The number of hydrogen-bond donors (Lipinski definition) is 2. The Hall–Kier alpha value is -3.65. The lowest BCUT2D eigenvalue weighted by molar-refractivity contribution is -0.175. The monoisotopic (exact) mass is 406 g/mol. The molecule has 2 amide bonds. The number of hydrogen-bond acceptors (Lipinski definition) is 5. The van der Waals surface area contributed by atoms with E-state index in [1.165, 1.54) is 4.90 Å². The number of aliphatic hydroxyl groups is 1. The summed E-state index contributed by atoms with van der Waals surface area (Å²) in [6.07, 6.45) is 2.72. The van der Waals surface area contributed by atoms with Crippen molar-refractivity contribution in [2.45, 2.75) is 25.7 Å². The molecule has 2 N–H and O–H groups in total. The zero-order valence-corrected chi connectivity index (χ0v) is 16.5. The van der Waals surface area contributed by atoms with Crippen LogP contribution >= 0.6 is 0 Å². The molecule has 0 bridgehead atoms.